The number of ether oxygens (including phenoxy) is 2. The third-order valence-corrected chi connectivity index (χ3v) is 3.08. The summed E-state index contributed by atoms with van der Waals surface area (Å²) < 4.78 is 10.3. The van der Waals surface area contributed by atoms with Crippen LogP contribution in [0.5, 0.6) is 0 Å². The molecule has 1 aromatic rings. The van der Waals surface area contributed by atoms with Crippen molar-refractivity contribution in [2.45, 2.75) is 0 Å². The van der Waals surface area contributed by atoms with E-state index in [4.69, 9.17) is 9.47 Å². The van der Waals surface area contributed by atoms with Gasteiger partial charge in [-0.1, -0.05) is 0 Å². The molecular formula is C13H23N5O2. The van der Waals surface area contributed by atoms with E-state index in [1.165, 1.54) is 0 Å². The number of rotatable bonds is 8. The maximum atomic E-state index is 5.33. The third kappa shape index (κ3) is 5.28. The zero-order chi connectivity index (χ0) is 14.0. The van der Waals surface area contributed by atoms with Gasteiger partial charge in [0.1, 0.15) is 5.82 Å². The van der Waals surface area contributed by atoms with Crippen LogP contribution >= 0.6 is 0 Å². The molecule has 0 aromatic carbocycles. The lowest BCUT2D eigenvalue weighted by Gasteiger charge is -2.26. The lowest BCUT2D eigenvalue weighted by molar-refractivity contribution is 0.0398. The van der Waals surface area contributed by atoms with E-state index < -0.39 is 0 Å². The number of methoxy groups -OCH3 is 1. The van der Waals surface area contributed by atoms with Crippen LogP contribution in [0.3, 0.4) is 0 Å². The predicted molar refractivity (Wildman–Crippen MR) is 78.1 cm³/mol. The molecule has 112 valence electrons. The van der Waals surface area contributed by atoms with Crippen molar-refractivity contribution in [3.63, 3.8) is 0 Å². The molecule has 1 saturated heterocycles. The lowest BCUT2D eigenvalue weighted by atomic mass is 10.4. The lowest BCUT2D eigenvalue weighted by Crippen LogP contribution is -2.39. The molecule has 7 nitrogen and oxygen atoms in total. The summed E-state index contributed by atoms with van der Waals surface area (Å²) in [4.78, 5) is 10.9. The van der Waals surface area contributed by atoms with Crippen LogP contribution in [0.15, 0.2) is 12.3 Å². The number of aromatic nitrogens is 2. The minimum Gasteiger partial charge on any atom is -0.383 e. The van der Waals surface area contributed by atoms with Crippen molar-refractivity contribution in [1.82, 2.24) is 14.9 Å². The van der Waals surface area contributed by atoms with Crippen molar-refractivity contribution in [1.29, 1.82) is 0 Å². The number of nitrogens with one attached hydrogen (secondary N) is 2. The maximum absolute atomic E-state index is 5.33. The van der Waals surface area contributed by atoms with Gasteiger partial charge < -0.3 is 20.1 Å². The topological polar surface area (TPSA) is 71.5 Å². The van der Waals surface area contributed by atoms with Gasteiger partial charge in [-0.25, -0.2) is 4.98 Å². The van der Waals surface area contributed by atoms with Crippen LogP contribution in [0.1, 0.15) is 0 Å². The van der Waals surface area contributed by atoms with Crippen molar-refractivity contribution < 1.29 is 9.47 Å². The highest BCUT2D eigenvalue weighted by Gasteiger charge is 2.09. The summed E-state index contributed by atoms with van der Waals surface area (Å²) in [6, 6.07) is 1.88. The minimum absolute atomic E-state index is 0.624. The quantitative estimate of drug-likeness (QED) is 0.663. The molecule has 1 aliphatic rings. The molecule has 0 atom stereocenters. The maximum Gasteiger partial charge on any atom is 0.224 e. The van der Waals surface area contributed by atoms with Gasteiger partial charge >= 0.3 is 0 Å². The molecule has 0 bridgehead atoms. The van der Waals surface area contributed by atoms with Crippen LogP contribution in [0, 0.1) is 0 Å². The summed E-state index contributed by atoms with van der Waals surface area (Å²) >= 11 is 0. The molecule has 20 heavy (non-hydrogen) atoms. The second kappa shape index (κ2) is 8.68. The Hall–Kier alpha value is -1.44. The van der Waals surface area contributed by atoms with E-state index in [1.807, 2.05) is 6.07 Å². The van der Waals surface area contributed by atoms with Gasteiger partial charge in [0, 0.05) is 46.0 Å². The van der Waals surface area contributed by atoms with Gasteiger partial charge in [0.25, 0.3) is 0 Å². The zero-order valence-electron chi connectivity index (χ0n) is 12.0. The zero-order valence-corrected chi connectivity index (χ0v) is 12.0. The summed E-state index contributed by atoms with van der Waals surface area (Å²) in [5.74, 6) is 1.46. The van der Waals surface area contributed by atoms with Crippen LogP contribution in [-0.4, -0.2) is 74.5 Å². The summed E-state index contributed by atoms with van der Waals surface area (Å²) in [6.07, 6.45) is 1.75. The number of morpholine rings is 1. The first kappa shape index (κ1) is 15.0. The molecule has 1 fully saturated rings. The van der Waals surface area contributed by atoms with Crippen molar-refractivity contribution in [2.75, 3.05) is 70.3 Å². The highest BCUT2D eigenvalue weighted by Crippen LogP contribution is 2.05. The van der Waals surface area contributed by atoms with E-state index in [0.717, 1.165) is 45.2 Å². The van der Waals surface area contributed by atoms with Gasteiger partial charge in [0.05, 0.1) is 19.8 Å². The smallest absolute Gasteiger partial charge is 0.224 e. The van der Waals surface area contributed by atoms with Crippen molar-refractivity contribution in [3.05, 3.63) is 12.3 Å². The molecule has 0 aliphatic carbocycles. The van der Waals surface area contributed by atoms with Crippen LogP contribution in [0.25, 0.3) is 0 Å². The molecule has 0 amide bonds. The Labute approximate surface area is 119 Å². The normalized spacial score (nSPS) is 16.1. The van der Waals surface area contributed by atoms with Gasteiger partial charge in [-0.2, -0.15) is 4.98 Å². The fourth-order valence-corrected chi connectivity index (χ4v) is 1.97. The van der Waals surface area contributed by atoms with E-state index in [-0.39, 0.29) is 0 Å². The van der Waals surface area contributed by atoms with Gasteiger partial charge in [-0.15, -0.1) is 0 Å². The Morgan fingerprint density at radius 1 is 1.30 bits per heavy atom. The second-order valence-electron chi connectivity index (χ2n) is 4.57. The number of hydrogen-bond donors (Lipinski definition) is 2. The molecule has 0 saturated carbocycles. The molecular weight excluding hydrogens is 258 g/mol. The van der Waals surface area contributed by atoms with Crippen LogP contribution in [-0.2, 0) is 9.47 Å². The molecule has 2 heterocycles. The Balaban J connectivity index is 1.70. The fourth-order valence-electron chi connectivity index (χ4n) is 1.97. The number of nitrogens with zero attached hydrogens (tertiary/aromatic N) is 3. The first-order chi connectivity index (χ1) is 9.88. The molecule has 0 unspecified atom stereocenters. The van der Waals surface area contributed by atoms with Crippen molar-refractivity contribution in [2.24, 2.45) is 0 Å². The number of hydrogen-bond acceptors (Lipinski definition) is 7. The Bertz CT molecular complexity index is 385. The van der Waals surface area contributed by atoms with Crippen LogP contribution in [0.4, 0.5) is 11.8 Å². The summed E-state index contributed by atoms with van der Waals surface area (Å²) in [5, 5.41) is 6.43. The average Bonchev–Trinajstić information content (AvgIpc) is 2.49. The molecule has 2 N–H and O–H groups in total. The molecule has 2 rings (SSSR count). The van der Waals surface area contributed by atoms with Gasteiger partial charge in [0.15, 0.2) is 0 Å². The summed E-state index contributed by atoms with van der Waals surface area (Å²) in [7, 11) is 1.67. The van der Waals surface area contributed by atoms with Crippen molar-refractivity contribution in [3.8, 4) is 0 Å². The second-order valence-corrected chi connectivity index (χ2v) is 4.57. The van der Waals surface area contributed by atoms with E-state index in [0.29, 0.717) is 19.1 Å². The molecule has 7 heteroatoms. The Kier molecular flexibility index (Phi) is 6.49. The van der Waals surface area contributed by atoms with Crippen LogP contribution in [0.2, 0.25) is 0 Å². The first-order valence-electron chi connectivity index (χ1n) is 6.98. The Morgan fingerprint density at radius 2 is 2.15 bits per heavy atom. The Morgan fingerprint density at radius 3 is 2.95 bits per heavy atom. The first-order valence-corrected chi connectivity index (χ1v) is 6.98. The molecule has 0 spiro atoms. The van der Waals surface area contributed by atoms with E-state index in [1.54, 1.807) is 13.3 Å². The largest absolute Gasteiger partial charge is 0.383 e. The van der Waals surface area contributed by atoms with Gasteiger partial charge in [-0.3, -0.25) is 4.90 Å². The highest BCUT2D eigenvalue weighted by atomic mass is 16.5. The molecule has 1 aliphatic heterocycles. The third-order valence-electron chi connectivity index (χ3n) is 3.08. The van der Waals surface area contributed by atoms with E-state index >= 15 is 0 Å². The number of anilines is 2. The molecule has 1 aromatic heterocycles. The fraction of sp³-hybridized carbons (Fsp3) is 0.692. The average molecular weight is 281 g/mol. The minimum atomic E-state index is 0.624. The van der Waals surface area contributed by atoms with Gasteiger partial charge in [-0.05, 0) is 6.07 Å². The SMILES string of the molecule is COCCNc1nccc(NCCN2CCOCC2)n1. The molecule has 0 radical (unpaired) electrons. The van der Waals surface area contributed by atoms with Crippen LogP contribution < -0.4 is 10.6 Å². The van der Waals surface area contributed by atoms with Gasteiger partial charge in [0.2, 0.25) is 5.95 Å². The standard InChI is InChI=1S/C13H23N5O2/c1-19-9-5-16-13-15-3-2-12(17-13)14-4-6-18-7-10-20-11-8-18/h2-3H,4-11H2,1H3,(H2,14,15,16,17). The monoisotopic (exact) mass is 281 g/mol. The van der Waals surface area contributed by atoms with Crippen molar-refractivity contribution >= 4 is 11.8 Å². The summed E-state index contributed by atoms with van der Waals surface area (Å²) in [6.45, 7) is 6.90. The van der Waals surface area contributed by atoms with E-state index in [2.05, 4.69) is 25.5 Å². The van der Waals surface area contributed by atoms with E-state index in [9.17, 15) is 0 Å². The predicted octanol–water partition coefficient (Wildman–Crippen LogP) is 0.279. The summed E-state index contributed by atoms with van der Waals surface area (Å²) in [5.41, 5.74) is 0. The highest BCUT2D eigenvalue weighted by molar-refractivity contribution is 5.39.